The smallest absolute Gasteiger partial charge is 0.269 e. The summed E-state index contributed by atoms with van der Waals surface area (Å²) < 4.78 is 7.38. The molecule has 0 amide bonds. The minimum absolute atomic E-state index is 0.0790. The van der Waals surface area contributed by atoms with E-state index in [-0.39, 0.29) is 5.69 Å². The minimum atomic E-state index is -0.395. The average Bonchev–Trinajstić information content (AvgIpc) is 3.09. The largest absolute Gasteiger partial charge is 0.496 e. The molecule has 1 heterocycles. The summed E-state index contributed by atoms with van der Waals surface area (Å²) in [6.07, 6.45) is 1.78. The van der Waals surface area contributed by atoms with Crippen LogP contribution < -0.4 is 4.74 Å². The molecule has 0 bridgehead atoms. The predicted octanol–water partition coefficient (Wildman–Crippen LogP) is 4.34. The third kappa shape index (κ3) is 4.17. The van der Waals surface area contributed by atoms with E-state index < -0.39 is 4.92 Å². The maximum Gasteiger partial charge on any atom is 0.269 e. The van der Waals surface area contributed by atoms with E-state index in [0.29, 0.717) is 29.0 Å². The average molecular weight is 382 g/mol. The molecule has 2 aromatic carbocycles. The summed E-state index contributed by atoms with van der Waals surface area (Å²) >= 11 is 1.47. The third-order valence-electron chi connectivity index (χ3n) is 3.87. The Morgan fingerprint density at radius 3 is 2.81 bits per heavy atom. The number of allylic oxidation sites excluding steroid dienone is 1. The van der Waals surface area contributed by atoms with Crippen molar-refractivity contribution < 1.29 is 9.66 Å². The van der Waals surface area contributed by atoms with E-state index in [2.05, 4.69) is 16.8 Å². The zero-order valence-corrected chi connectivity index (χ0v) is 15.6. The van der Waals surface area contributed by atoms with Gasteiger partial charge in [-0.05, 0) is 17.7 Å². The van der Waals surface area contributed by atoms with Crippen LogP contribution in [0.5, 0.6) is 5.75 Å². The van der Waals surface area contributed by atoms with E-state index >= 15 is 0 Å². The SMILES string of the molecule is C=CCn1c(SCc2cccc([N+](=O)[O-])c2)nnc1-c1ccccc1OC. The molecule has 138 valence electrons. The highest BCUT2D eigenvalue weighted by molar-refractivity contribution is 7.98. The first-order valence-corrected chi connectivity index (χ1v) is 9.16. The maximum absolute atomic E-state index is 10.9. The van der Waals surface area contributed by atoms with Crippen LogP contribution in [0.4, 0.5) is 5.69 Å². The highest BCUT2D eigenvalue weighted by Gasteiger charge is 2.17. The van der Waals surface area contributed by atoms with Crippen LogP contribution in [-0.4, -0.2) is 26.8 Å². The number of para-hydroxylation sites is 1. The topological polar surface area (TPSA) is 83.1 Å². The van der Waals surface area contributed by atoms with Gasteiger partial charge in [-0.25, -0.2) is 0 Å². The number of non-ortho nitro benzene ring substituents is 1. The molecule has 0 aliphatic rings. The predicted molar refractivity (Wildman–Crippen MR) is 105 cm³/mol. The minimum Gasteiger partial charge on any atom is -0.496 e. The molecule has 0 unspecified atom stereocenters. The van der Waals surface area contributed by atoms with Gasteiger partial charge in [-0.2, -0.15) is 0 Å². The summed E-state index contributed by atoms with van der Waals surface area (Å²) in [6, 6.07) is 14.2. The van der Waals surface area contributed by atoms with Crippen LogP contribution in [0.2, 0.25) is 0 Å². The van der Waals surface area contributed by atoms with E-state index in [1.54, 1.807) is 25.3 Å². The number of benzene rings is 2. The van der Waals surface area contributed by atoms with E-state index in [1.165, 1.54) is 17.8 Å². The second-order valence-corrected chi connectivity index (χ2v) is 6.56. The fourth-order valence-electron chi connectivity index (χ4n) is 2.63. The first-order chi connectivity index (χ1) is 13.1. The lowest BCUT2D eigenvalue weighted by Gasteiger charge is -2.10. The van der Waals surface area contributed by atoms with Gasteiger partial charge in [0.2, 0.25) is 0 Å². The molecule has 1 aromatic heterocycles. The number of ether oxygens (including phenoxy) is 1. The van der Waals surface area contributed by atoms with Crippen molar-refractivity contribution >= 4 is 17.4 Å². The monoisotopic (exact) mass is 382 g/mol. The number of rotatable bonds is 8. The molecule has 0 radical (unpaired) electrons. The van der Waals surface area contributed by atoms with Gasteiger partial charge in [-0.15, -0.1) is 16.8 Å². The number of nitro groups is 1. The zero-order valence-electron chi connectivity index (χ0n) is 14.7. The van der Waals surface area contributed by atoms with Gasteiger partial charge in [0.05, 0.1) is 17.6 Å². The van der Waals surface area contributed by atoms with Crippen LogP contribution in [0.1, 0.15) is 5.56 Å². The zero-order chi connectivity index (χ0) is 19.2. The van der Waals surface area contributed by atoms with Crippen LogP contribution in [0, 0.1) is 10.1 Å². The molecule has 7 nitrogen and oxygen atoms in total. The van der Waals surface area contributed by atoms with Gasteiger partial charge in [0.25, 0.3) is 5.69 Å². The first-order valence-electron chi connectivity index (χ1n) is 8.17. The molecular weight excluding hydrogens is 364 g/mol. The lowest BCUT2D eigenvalue weighted by Crippen LogP contribution is -2.01. The molecule has 0 saturated heterocycles. The molecule has 0 aliphatic carbocycles. The number of hydrogen-bond acceptors (Lipinski definition) is 6. The van der Waals surface area contributed by atoms with Gasteiger partial charge in [-0.3, -0.25) is 14.7 Å². The van der Waals surface area contributed by atoms with Crippen molar-refractivity contribution in [3.63, 3.8) is 0 Å². The summed E-state index contributed by atoms with van der Waals surface area (Å²) in [7, 11) is 1.62. The number of hydrogen-bond donors (Lipinski definition) is 0. The summed E-state index contributed by atoms with van der Waals surface area (Å²) in [5, 5.41) is 20.3. The van der Waals surface area contributed by atoms with Crippen molar-refractivity contribution in [3.8, 4) is 17.1 Å². The fraction of sp³-hybridized carbons (Fsp3) is 0.158. The van der Waals surface area contributed by atoms with Crippen molar-refractivity contribution in [2.75, 3.05) is 7.11 Å². The normalized spacial score (nSPS) is 10.6. The van der Waals surface area contributed by atoms with Crippen LogP contribution in [0.15, 0.2) is 66.3 Å². The summed E-state index contributed by atoms with van der Waals surface area (Å²) in [4.78, 5) is 10.5. The van der Waals surface area contributed by atoms with E-state index in [0.717, 1.165) is 11.1 Å². The molecule has 3 aromatic rings. The highest BCUT2D eigenvalue weighted by atomic mass is 32.2. The van der Waals surface area contributed by atoms with Crippen LogP contribution in [0.25, 0.3) is 11.4 Å². The Bertz CT molecular complexity index is 971. The molecule has 0 aliphatic heterocycles. The summed E-state index contributed by atoms with van der Waals surface area (Å²) in [6.45, 7) is 4.35. The van der Waals surface area contributed by atoms with Crippen molar-refractivity contribution in [3.05, 3.63) is 76.9 Å². The van der Waals surface area contributed by atoms with Crippen molar-refractivity contribution in [2.45, 2.75) is 17.5 Å². The molecule has 0 N–H and O–H groups in total. The molecule has 0 spiro atoms. The Morgan fingerprint density at radius 1 is 1.26 bits per heavy atom. The number of nitro benzene ring substituents is 1. The lowest BCUT2D eigenvalue weighted by molar-refractivity contribution is -0.384. The number of nitrogens with zero attached hydrogens (tertiary/aromatic N) is 4. The number of methoxy groups -OCH3 is 1. The van der Waals surface area contributed by atoms with E-state index in [4.69, 9.17) is 4.74 Å². The quantitative estimate of drug-likeness (QED) is 0.249. The molecule has 27 heavy (non-hydrogen) atoms. The molecule has 0 saturated carbocycles. The Balaban J connectivity index is 1.88. The molecule has 0 fully saturated rings. The maximum atomic E-state index is 10.9. The standard InChI is InChI=1S/C19H18N4O3S/c1-3-11-22-18(16-9-4-5-10-17(16)26-2)20-21-19(22)27-13-14-7-6-8-15(12-14)23(24)25/h3-10,12H,1,11,13H2,2H3. The lowest BCUT2D eigenvalue weighted by atomic mass is 10.2. The Hall–Kier alpha value is -3.13. The summed E-state index contributed by atoms with van der Waals surface area (Å²) in [5.74, 6) is 1.95. The Morgan fingerprint density at radius 2 is 2.07 bits per heavy atom. The fourth-order valence-corrected chi connectivity index (χ4v) is 3.52. The van der Waals surface area contributed by atoms with Crippen LogP contribution in [-0.2, 0) is 12.3 Å². The summed E-state index contributed by atoms with van der Waals surface area (Å²) in [5.41, 5.74) is 1.77. The van der Waals surface area contributed by atoms with Gasteiger partial charge in [0, 0.05) is 24.4 Å². The van der Waals surface area contributed by atoms with E-state index in [1.807, 2.05) is 34.9 Å². The second kappa shape index (κ2) is 8.50. The molecular formula is C19H18N4O3S. The second-order valence-electron chi connectivity index (χ2n) is 5.62. The van der Waals surface area contributed by atoms with Gasteiger partial charge >= 0.3 is 0 Å². The van der Waals surface area contributed by atoms with Crippen molar-refractivity contribution in [2.24, 2.45) is 0 Å². The van der Waals surface area contributed by atoms with Gasteiger partial charge in [0.15, 0.2) is 11.0 Å². The van der Waals surface area contributed by atoms with Crippen LogP contribution in [0.3, 0.4) is 0 Å². The molecule has 8 heteroatoms. The van der Waals surface area contributed by atoms with E-state index in [9.17, 15) is 10.1 Å². The highest BCUT2D eigenvalue weighted by Crippen LogP contribution is 2.32. The third-order valence-corrected chi connectivity index (χ3v) is 4.90. The Kier molecular flexibility index (Phi) is 5.87. The first kappa shape index (κ1) is 18.7. The van der Waals surface area contributed by atoms with Crippen molar-refractivity contribution in [1.29, 1.82) is 0 Å². The Labute approximate surface area is 160 Å². The van der Waals surface area contributed by atoms with Crippen molar-refractivity contribution in [1.82, 2.24) is 14.8 Å². The number of aromatic nitrogens is 3. The van der Waals surface area contributed by atoms with Gasteiger partial charge in [-0.1, -0.05) is 42.1 Å². The van der Waals surface area contributed by atoms with Gasteiger partial charge in [0.1, 0.15) is 5.75 Å². The molecule has 0 atom stereocenters. The number of thioether (sulfide) groups is 1. The van der Waals surface area contributed by atoms with Crippen LogP contribution >= 0.6 is 11.8 Å². The van der Waals surface area contributed by atoms with Gasteiger partial charge < -0.3 is 4.74 Å². The molecule has 3 rings (SSSR count).